The van der Waals surface area contributed by atoms with Gasteiger partial charge in [0.25, 0.3) is 0 Å². The summed E-state index contributed by atoms with van der Waals surface area (Å²) in [6, 6.07) is 9.35. The molecule has 1 amide bonds. The fraction of sp³-hybridized carbons (Fsp3) is 0.300. The smallest absolute Gasteiger partial charge is 0.242 e. The Morgan fingerprint density at radius 3 is 2.61 bits per heavy atom. The Bertz CT molecular complexity index is 1010. The van der Waals surface area contributed by atoms with Crippen LogP contribution in [0.1, 0.15) is 24.0 Å². The number of aromatic nitrogens is 1. The van der Waals surface area contributed by atoms with E-state index in [1.807, 2.05) is 24.1 Å². The number of nitriles is 2. The third-order valence-electron chi connectivity index (χ3n) is 4.79. The quantitative estimate of drug-likeness (QED) is 0.876. The summed E-state index contributed by atoms with van der Waals surface area (Å²) in [6.07, 6.45) is 1.59. The van der Waals surface area contributed by atoms with Gasteiger partial charge in [-0.3, -0.25) is 9.69 Å². The van der Waals surface area contributed by atoms with Gasteiger partial charge in [-0.1, -0.05) is 18.2 Å². The molecule has 8 heteroatoms. The van der Waals surface area contributed by atoms with Gasteiger partial charge >= 0.3 is 0 Å². The summed E-state index contributed by atoms with van der Waals surface area (Å²) in [7, 11) is 3.16. The maximum Gasteiger partial charge on any atom is 0.242 e. The molecule has 0 radical (unpaired) electrons. The predicted molar refractivity (Wildman–Crippen MR) is 99.9 cm³/mol. The van der Waals surface area contributed by atoms with Gasteiger partial charge in [0.15, 0.2) is 5.82 Å². The highest BCUT2D eigenvalue weighted by Crippen LogP contribution is 2.37. The van der Waals surface area contributed by atoms with Gasteiger partial charge in [0.2, 0.25) is 11.8 Å². The molecule has 0 spiro atoms. The van der Waals surface area contributed by atoms with Crippen LogP contribution in [0.15, 0.2) is 24.3 Å². The normalized spacial score (nSPS) is 16.2. The van der Waals surface area contributed by atoms with Crippen LogP contribution in [0.5, 0.6) is 5.88 Å². The molecule has 2 heterocycles. The Labute approximate surface area is 162 Å². The number of rotatable bonds is 4. The molecule has 1 aliphatic rings. The molecule has 1 N–H and O–H groups in total. The SMILES string of the molecule is COc1nc(NC(=O)C2CCCN2C)c(C#N)c(-c2ccccc2F)c1C#N. The van der Waals surface area contributed by atoms with Gasteiger partial charge in [-0.15, -0.1) is 0 Å². The molecule has 0 saturated carbocycles. The van der Waals surface area contributed by atoms with Gasteiger partial charge in [-0.2, -0.15) is 15.5 Å². The van der Waals surface area contributed by atoms with Crippen molar-refractivity contribution in [2.24, 2.45) is 0 Å². The lowest BCUT2D eigenvalue weighted by Gasteiger charge is -2.20. The number of likely N-dealkylation sites (tertiary alicyclic amines) is 1. The minimum absolute atomic E-state index is 0.0463. The molecule has 3 rings (SSSR count). The lowest BCUT2D eigenvalue weighted by molar-refractivity contribution is -0.119. The zero-order valence-electron chi connectivity index (χ0n) is 15.5. The van der Waals surface area contributed by atoms with Crippen molar-refractivity contribution < 1.29 is 13.9 Å². The second-order valence-electron chi connectivity index (χ2n) is 6.43. The molecule has 1 atom stereocenters. The Morgan fingerprint density at radius 1 is 1.32 bits per heavy atom. The standard InChI is InChI=1S/C20H18FN5O2/c1-26-9-5-8-16(26)19(27)24-18-13(10-22)17(12-6-3-4-7-15(12)21)14(11-23)20(25-18)28-2/h3-4,6-7,16H,5,8-9H2,1-2H3,(H,24,25,27). The number of hydrogen-bond donors (Lipinski definition) is 1. The number of likely N-dealkylation sites (N-methyl/N-ethyl adjacent to an activating group) is 1. The fourth-order valence-corrected chi connectivity index (χ4v) is 3.39. The number of halogens is 1. The van der Waals surface area contributed by atoms with Crippen LogP contribution in [-0.2, 0) is 4.79 Å². The molecule has 1 aromatic carbocycles. The second-order valence-corrected chi connectivity index (χ2v) is 6.43. The number of nitrogens with one attached hydrogen (secondary N) is 1. The van der Waals surface area contributed by atoms with Gasteiger partial charge in [-0.25, -0.2) is 4.39 Å². The molecule has 142 valence electrons. The lowest BCUT2D eigenvalue weighted by atomic mass is 9.96. The van der Waals surface area contributed by atoms with E-state index in [4.69, 9.17) is 4.74 Å². The van der Waals surface area contributed by atoms with Crippen LogP contribution in [-0.4, -0.2) is 42.5 Å². The first-order valence-electron chi connectivity index (χ1n) is 8.70. The maximum atomic E-state index is 14.5. The monoisotopic (exact) mass is 379 g/mol. The number of anilines is 1. The zero-order chi connectivity index (χ0) is 20.3. The van der Waals surface area contributed by atoms with E-state index in [1.165, 1.54) is 25.3 Å². The number of amides is 1. The van der Waals surface area contributed by atoms with Crippen LogP contribution < -0.4 is 10.1 Å². The van der Waals surface area contributed by atoms with Gasteiger partial charge in [0, 0.05) is 11.1 Å². The summed E-state index contributed by atoms with van der Waals surface area (Å²) in [4.78, 5) is 18.7. The number of hydrogen-bond acceptors (Lipinski definition) is 6. The number of carbonyl (C=O) groups is 1. The van der Waals surface area contributed by atoms with E-state index in [-0.39, 0.29) is 45.9 Å². The summed E-state index contributed by atoms with van der Waals surface area (Å²) in [5.74, 6) is -1.05. The van der Waals surface area contributed by atoms with Crippen LogP contribution >= 0.6 is 0 Å². The highest BCUT2D eigenvalue weighted by atomic mass is 19.1. The summed E-state index contributed by atoms with van der Waals surface area (Å²) in [5, 5.41) is 22.0. The Morgan fingerprint density at radius 2 is 2.04 bits per heavy atom. The average Bonchev–Trinajstić information content (AvgIpc) is 3.13. The van der Waals surface area contributed by atoms with Crippen molar-refractivity contribution in [1.29, 1.82) is 10.5 Å². The Balaban J connectivity index is 2.18. The van der Waals surface area contributed by atoms with Crippen LogP contribution in [0.25, 0.3) is 11.1 Å². The number of methoxy groups -OCH3 is 1. The summed E-state index contributed by atoms with van der Waals surface area (Å²) < 4.78 is 19.6. The predicted octanol–water partition coefficient (Wildman–Crippen LogP) is 2.67. The van der Waals surface area contributed by atoms with Crippen molar-refractivity contribution in [3.63, 3.8) is 0 Å². The highest BCUT2D eigenvalue weighted by Gasteiger charge is 2.30. The molecule has 1 aliphatic heterocycles. The van der Waals surface area contributed by atoms with Gasteiger partial charge in [0.05, 0.1) is 13.2 Å². The van der Waals surface area contributed by atoms with Crippen molar-refractivity contribution in [3.05, 3.63) is 41.2 Å². The molecule has 28 heavy (non-hydrogen) atoms. The maximum absolute atomic E-state index is 14.5. The van der Waals surface area contributed by atoms with Crippen LogP contribution in [0, 0.1) is 28.5 Å². The highest BCUT2D eigenvalue weighted by molar-refractivity contribution is 5.97. The molecule has 0 aliphatic carbocycles. The lowest BCUT2D eigenvalue weighted by Crippen LogP contribution is -2.37. The number of benzene rings is 1. The number of pyridine rings is 1. The first kappa shape index (κ1) is 19.3. The average molecular weight is 379 g/mol. The van der Waals surface area contributed by atoms with E-state index in [0.717, 1.165) is 13.0 Å². The van der Waals surface area contributed by atoms with Gasteiger partial charge < -0.3 is 10.1 Å². The molecule has 1 saturated heterocycles. The van der Waals surface area contributed by atoms with Crippen molar-refractivity contribution in [2.45, 2.75) is 18.9 Å². The molecule has 0 bridgehead atoms. The van der Waals surface area contributed by atoms with E-state index in [2.05, 4.69) is 10.3 Å². The van der Waals surface area contributed by atoms with E-state index >= 15 is 0 Å². The van der Waals surface area contributed by atoms with Gasteiger partial charge in [-0.05, 0) is 32.5 Å². The van der Waals surface area contributed by atoms with Crippen molar-refractivity contribution >= 4 is 11.7 Å². The molecule has 7 nitrogen and oxygen atoms in total. The third-order valence-corrected chi connectivity index (χ3v) is 4.79. The van der Waals surface area contributed by atoms with Crippen molar-refractivity contribution in [1.82, 2.24) is 9.88 Å². The number of carbonyl (C=O) groups excluding carboxylic acids is 1. The van der Waals surface area contributed by atoms with Crippen LogP contribution in [0.3, 0.4) is 0 Å². The van der Waals surface area contributed by atoms with E-state index in [9.17, 15) is 19.7 Å². The summed E-state index contributed by atoms with van der Waals surface area (Å²) in [5.41, 5.74) is -0.0496. The third kappa shape index (κ3) is 3.38. The summed E-state index contributed by atoms with van der Waals surface area (Å²) >= 11 is 0. The molecular weight excluding hydrogens is 361 g/mol. The number of nitrogens with zero attached hydrogens (tertiary/aromatic N) is 4. The van der Waals surface area contributed by atoms with Crippen molar-refractivity contribution in [3.8, 4) is 29.1 Å². The first-order chi connectivity index (χ1) is 13.5. The molecule has 1 unspecified atom stereocenters. The molecule has 1 fully saturated rings. The Hall–Kier alpha value is -3.49. The fourth-order valence-electron chi connectivity index (χ4n) is 3.39. The second kappa shape index (κ2) is 8.03. The Kier molecular flexibility index (Phi) is 5.53. The minimum Gasteiger partial charge on any atom is -0.480 e. The zero-order valence-corrected chi connectivity index (χ0v) is 15.5. The minimum atomic E-state index is -0.600. The van der Waals surface area contributed by atoms with E-state index in [1.54, 1.807) is 6.07 Å². The largest absolute Gasteiger partial charge is 0.480 e. The molecule has 1 aromatic heterocycles. The molecule has 2 aromatic rings. The van der Waals surface area contributed by atoms with Crippen LogP contribution in [0.2, 0.25) is 0 Å². The van der Waals surface area contributed by atoms with E-state index in [0.29, 0.717) is 6.42 Å². The molecular formula is C20H18FN5O2. The first-order valence-corrected chi connectivity index (χ1v) is 8.70. The van der Waals surface area contributed by atoms with Crippen molar-refractivity contribution in [2.75, 3.05) is 26.0 Å². The van der Waals surface area contributed by atoms with E-state index < -0.39 is 5.82 Å². The topological polar surface area (TPSA) is 102 Å². The number of ether oxygens (including phenoxy) is 1. The van der Waals surface area contributed by atoms with Crippen LogP contribution in [0.4, 0.5) is 10.2 Å². The van der Waals surface area contributed by atoms with Gasteiger partial charge in [0.1, 0.15) is 29.1 Å². The summed E-state index contributed by atoms with van der Waals surface area (Å²) in [6.45, 7) is 0.799.